The Morgan fingerprint density at radius 2 is 2.00 bits per heavy atom. The quantitative estimate of drug-likeness (QED) is 0.852. The van der Waals surface area contributed by atoms with E-state index in [1.807, 2.05) is 11.0 Å². The van der Waals surface area contributed by atoms with Crippen LogP contribution in [0.15, 0.2) is 30.3 Å². The lowest BCUT2D eigenvalue weighted by molar-refractivity contribution is -0.127. The molecular formula is C16H24N2O. The van der Waals surface area contributed by atoms with Crippen LogP contribution < -0.4 is 5.32 Å². The topological polar surface area (TPSA) is 32.3 Å². The van der Waals surface area contributed by atoms with Crippen LogP contribution in [0, 0.1) is 0 Å². The van der Waals surface area contributed by atoms with Crippen molar-refractivity contribution >= 4 is 5.91 Å². The summed E-state index contributed by atoms with van der Waals surface area (Å²) in [4.78, 5) is 13.5. The van der Waals surface area contributed by atoms with Crippen molar-refractivity contribution in [2.24, 2.45) is 0 Å². The standard InChI is InChI=1S/C16H24N2O/c1-13(15-7-4-3-5-8-15)14(2)17-10-12-18-11-6-9-16(18)19/h3-5,7-8,13-14,17H,6,9-12H2,1-2H3/t13-,14-/m1/s1. The minimum atomic E-state index is 0.311. The van der Waals surface area contributed by atoms with E-state index in [4.69, 9.17) is 0 Å². The number of nitrogens with zero attached hydrogens (tertiary/aromatic N) is 1. The number of rotatable bonds is 6. The van der Waals surface area contributed by atoms with Gasteiger partial charge >= 0.3 is 0 Å². The van der Waals surface area contributed by atoms with Gasteiger partial charge in [0.1, 0.15) is 0 Å². The number of hydrogen-bond donors (Lipinski definition) is 1. The Kier molecular flexibility index (Phi) is 4.97. The molecule has 1 amide bonds. The van der Waals surface area contributed by atoms with Gasteiger partial charge in [-0.05, 0) is 24.8 Å². The van der Waals surface area contributed by atoms with Gasteiger partial charge in [0.25, 0.3) is 0 Å². The summed E-state index contributed by atoms with van der Waals surface area (Å²) in [5.74, 6) is 0.793. The number of nitrogens with one attached hydrogen (secondary N) is 1. The van der Waals surface area contributed by atoms with E-state index in [2.05, 4.69) is 43.4 Å². The number of likely N-dealkylation sites (tertiary alicyclic amines) is 1. The summed E-state index contributed by atoms with van der Waals surface area (Å²) in [6, 6.07) is 11.0. The maximum atomic E-state index is 11.5. The molecule has 1 aliphatic heterocycles. The van der Waals surface area contributed by atoms with Gasteiger partial charge < -0.3 is 10.2 Å². The highest BCUT2D eigenvalue weighted by atomic mass is 16.2. The third-order valence-electron chi connectivity index (χ3n) is 4.09. The van der Waals surface area contributed by atoms with Crippen LogP contribution >= 0.6 is 0 Å². The van der Waals surface area contributed by atoms with Crippen molar-refractivity contribution in [1.29, 1.82) is 0 Å². The van der Waals surface area contributed by atoms with Gasteiger partial charge in [-0.1, -0.05) is 37.3 Å². The third-order valence-corrected chi connectivity index (χ3v) is 4.09. The normalized spacial score (nSPS) is 18.6. The average molecular weight is 260 g/mol. The summed E-state index contributed by atoms with van der Waals surface area (Å²) in [6.07, 6.45) is 1.75. The van der Waals surface area contributed by atoms with Crippen molar-refractivity contribution in [2.75, 3.05) is 19.6 Å². The molecule has 1 aromatic rings. The molecule has 0 saturated carbocycles. The highest BCUT2D eigenvalue weighted by Crippen LogP contribution is 2.18. The van der Waals surface area contributed by atoms with E-state index in [-0.39, 0.29) is 0 Å². The molecule has 104 valence electrons. The van der Waals surface area contributed by atoms with Gasteiger partial charge in [0.2, 0.25) is 5.91 Å². The molecule has 2 rings (SSSR count). The first-order valence-corrected chi connectivity index (χ1v) is 7.24. The van der Waals surface area contributed by atoms with Crippen molar-refractivity contribution in [3.05, 3.63) is 35.9 Å². The molecule has 2 atom stereocenters. The summed E-state index contributed by atoms with van der Waals surface area (Å²) in [5, 5.41) is 3.53. The number of benzene rings is 1. The summed E-state index contributed by atoms with van der Waals surface area (Å²) in [6.45, 7) is 7.11. The monoisotopic (exact) mass is 260 g/mol. The molecule has 3 nitrogen and oxygen atoms in total. The highest BCUT2D eigenvalue weighted by molar-refractivity contribution is 5.78. The lowest BCUT2D eigenvalue weighted by Crippen LogP contribution is -2.38. The second kappa shape index (κ2) is 6.71. The summed E-state index contributed by atoms with van der Waals surface area (Å²) >= 11 is 0. The minimum Gasteiger partial charge on any atom is -0.341 e. The fourth-order valence-corrected chi connectivity index (χ4v) is 2.59. The van der Waals surface area contributed by atoms with Crippen molar-refractivity contribution in [3.63, 3.8) is 0 Å². The summed E-state index contributed by atoms with van der Waals surface area (Å²) in [5.41, 5.74) is 1.36. The fraction of sp³-hybridized carbons (Fsp3) is 0.562. The predicted octanol–water partition coefficient (Wildman–Crippen LogP) is 2.39. The van der Waals surface area contributed by atoms with E-state index in [1.54, 1.807) is 0 Å². The zero-order valence-electron chi connectivity index (χ0n) is 11.9. The van der Waals surface area contributed by atoms with Crippen molar-refractivity contribution in [3.8, 4) is 0 Å². The van der Waals surface area contributed by atoms with E-state index in [0.29, 0.717) is 17.9 Å². The van der Waals surface area contributed by atoms with E-state index in [0.717, 1.165) is 32.5 Å². The smallest absolute Gasteiger partial charge is 0.222 e. The van der Waals surface area contributed by atoms with E-state index >= 15 is 0 Å². The molecule has 1 saturated heterocycles. The lowest BCUT2D eigenvalue weighted by Gasteiger charge is -2.23. The largest absolute Gasteiger partial charge is 0.341 e. The minimum absolute atomic E-state index is 0.311. The van der Waals surface area contributed by atoms with Crippen LogP contribution in [0.5, 0.6) is 0 Å². The number of carbonyl (C=O) groups is 1. The number of amides is 1. The average Bonchev–Trinajstić information content (AvgIpc) is 2.84. The molecule has 1 aliphatic rings. The van der Waals surface area contributed by atoms with E-state index < -0.39 is 0 Å². The predicted molar refractivity (Wildman–Crippen MR) is 78.1 cm³/mol. The van der Waals surface area contributed by atoms with Crippen molar-refractivity contribution < 1.29 is 4.79 Å². The molecule has 3 heteroatoms. The third kappa shape index (κ3) is 3.80. The Bertz CT molecular complexity index is 404. The Hall–Kier alpha value is -1.35. The first-order chi connectivity index (χ1) is 9.18. The van der Waals surface area contributed by atoms with Crippen LogP contribution in [0.25, 0.3) is 0 Å². The zero-order chi connectivity index (χ0) is 13.7. The Balaban J connectivity index is 1.75. The first-order valence-electron chi connectivity index (χ1n) is 7.24. The van der Waals surface area contributed by atoms with E-state index in [9.17, 15) is 4.79 Å². The second-order valence-electron chi connectivity index (χ2n) is 5.43. The Morgan fingerprint density at radius 1 is 1.26 bits per heavy atom. The summed E-state index contributed by atoms with van der Waals surface area (Å²) in [7, 11) is 0. The second-order valence-corrected chi connectivity index (χ2v) is 5.43. The highest BCUT2D eigenvalue weighted by Gasteiger charge is 2.20. The van der Waals surface area contributed by atoms with Crippen molar-refractivity contribution in [2.45, 2.75) is 38.6 Å². The fourth-order valence-electron chi connectivity index (χ4n) is 2.59. The Morgan fingerprint density at radius 3 is 2.63 bits per heavy atom. The molecule has 0 radical (unpaired) electrons. The summed E-state index contributed by atoms with van der Waals surface area (Å²) < 4.78 is 0. The van der Waals surface area contributed by atoms with Crippen LogP contribution in [0.2, 0.25) is 0 Å². The van der Waals surface area contributed by atoms with Gasteiger partial charge in [-0.3, -0.25) is 4.79 Å². The van der Waals surface area contributed by atoms with E-state index in [1.165, 1.54) is 5.56 Å². The maximum absolute atomic E-state index is 11.5. The number of hydrogen-bond acceptors (Lipinski definition) is 2. The van der Waals surface area contributed by atoms with Gasteiger partial charge in [0, 0.05) is 32.1 Å². The molecule has 0 bridgehead atoms. The molecule has 0 aliphatic carbocycles. The molecule has 0 aromatic heterocycles. The molecule has 0 spiro atoms. The SMILES string of the molecule is C[C@@H](NCCN1CCCC1=O)[C@@H](C)c1ccccc1. The van der Waals surface area contributed by atoms with Gasteiger partial charge in [0.15, 0.2) is 0 Å². The maximum Gasteiger partial charge on any atom is 0.222 e. The molecular weight excluding hydrogens is 236 g/mol. The number of carbonyl (C=O) groups excluding carboxylic acids is 1. The van der Waals surface area contributed by atoms with Gasteiger partial charge in [-0.2, -0.15) is 0 Å². The first kappa shape index (κ1) is 14.1. The van der Waals surface area contributed by atoms with Crippen molar-refractivity contribution in [1.82, 2.24) is 10.2 Å². The van der Waals surface area contributed by atoms with Gasteiger partial charge in [-0.15, -0.1) is 0 Å². The zero-order valence-corrected chi connectivity index (χ0v) is 11.9. The Labute approximate surface area is 116 Å². The molecule has 1 aromatic carbocycles. The van der Waals surface area contributed by atoms with Crippen LogP contribution in [0.4, 0.5) is 0 Å². The van der Waals surface area contributed by atoms with Gasteiger partial charge in [-0.25, -0.2) is 0 Å². The molecule has 1 fully saturated rings. The van der Waals surface area contributed by atoms with Crippen LogP contribution in [-0.4, -0.2) is 36.5 Å². The molecule has 1 heterocycles. The molecule has 19 heavy (non-hydrogen) atoms. The van der Waals surface area contributed by atoms with Crippen LogP contribution in [-0.2, 0) is 4.79 Å². The molecule has 0 unspecified atom stereocenters. The van der Waals surface area contributed by atoms with Crippen LogP contribution in [0.1, 0.15) is 38.2 Å². The molecule has 1 N–H and O–H groups in total. The lowest BCUT2D eigenvalue weighted by atomic mass is 9.94. The van der Waals surface area contributed by atoms with Gasteiger partial charge in [0.05, 0.1) is 0 Å². The van der Waals surface area contributed by atoms with Crippen LogP contribution in [0.3, 0.4) is 0 Å².